The Morgan fingerprint density at radius 2 is 1.76 bits per heavy atom. The molecule has 4 heterocycles. The van der Waals surface area contributed by atoms with Gasteiger partial charge in [-0.2, -0.15) is 15.0 Å². The number of rotatable bonds is 3. The van der Waals surface area contributed by atoms with Crippen molar-refractivity contribution in [3.8, 4) is 5.69 Å². The van der Waals surface area contributed by atoms with E-state index in [0.29, 0.717) is 43.4 Å². The molecule has 4 aromatic rings. The summed E-state index contributed by atoms with van der Waals surface area (Å²) in [6, 6.07) is 13.7. The van der Waals surface area contributed by atoms with Gasteiger partial charge >= 0.3 is 0 Å². The number of ether oxygens (including phenoxy) is 1. The topological polar surface area (TPSA) is 89.3 Å². The number of hydrogen-bond acceptors (Lipinski definition) is 7. The van der Waals surface area contributed by atoms with Gasteiger partial charge in [-0.3, -0.25) is 4.79 Å². The number of para-hydroxylation sites is 1. The maximum Gasteiger partial charge on any atom is 0.256 e. The lowest BCUT2D eigenvalue weighted by Gasteiger charge is -2.45. The second-order valence-corrected chi connectivity index (χ2v) is 8.56. The Morgan fingerprint density at radius 3 is 2.55 bits per heavy atom. The van der Waals surface area contributed by atoms with E-state index in [1.165, 1.54) is 4.80 Å². The van der Waals surface area contributed by atoms with Crippen LogP contribution in [0.2, 0.25) is 0 Å². The summed E-state index contributed by atoms with van der Waals surface area (Å²) in [6.07, 6.45) is 4.87. The van der Waals surface area contributed by atoms with Crippen LogP contribution < -0.4 is 4.90 Å². The van der Waals surface area contributed by atoms with E-state index < -0.39 is 0 Å². The number of aromatic nitrogens is 5. The van der Waals surface area contributed by atoms with Crippen LogP contribution >= 0.6 is 0 Å². The quantitative estimate of drug-likeness (QED) is 0.482. The fourth-order valence-electron chi connectivity index (χ4n) is 4.64. The fraction of sp³-hybridized carbons (Fsp3) is 0.292. The second kappa shape index (κ2) is 7.93. The van der Waals surface area contributed by atoms with Crippen LogP contribution in [0.4, 0.5) is 5.95 Å². The molecule has 9 heteroatoms. The Kier molecular flexibility index (Phi) is 4.76. The number of aryl methyl sites for hydroxylation is 1. The zero-order valence-electron chi connectivity index (χ0n) is 18.2. The van der Waals surface area contributed by atoms with E-state index in [4.69, 9.17) is 9.72 Å². The Bertz CT molecular complexity index is 1310. The highest BCUT2D eigenvalue weighted by Gasteiger charge is 2.38. The van der Waals surface area contributed by atoms with Gasteiger partial charge < -0.3 is 14.5 Å². The molecule has 2 aromatic heterocycles. The molecule has 2 aliphatic rings. The Balaban J connectivity index is 1.23. The number of amides is 1. The predicted octanol–water partition coefficient (Wildman–Crippen LogP) is 2.25. The molecule has 2 saturated heterocycles. The number of benzene rings is 2. The van der Waals surface area contributed by atoms with Crippen LogP contribution in [0, 0.1) is 6.92 Å². The maximum atomic E-state index is 13.6. The van der Waals surface area contributed by atoms with E-state index in [1.54, 1.807) is 12.4 Å². The first-order valence-corrected chi connectivity index (χ1v) is 11.0. The van der Waals surface area contributed by atoms with Crippen molar-refractivity contribution in [3.63, 3.8) is 0 Å². The number of morpholine rings is 2. The summed E-state index contributed by atoms with van der Waals surface area (Å²) in [5.74, 6) is 0.678. The molecule has 0 aliphatic carbocycles. The van der Waals surface area contributed by atoms with Crippen LogP contribution in [0.5, 0.6) is 0 Å². The Labute approximate surface area is 190 Å². The molecular weight excluding hydrogens is 418 g/mol. The van der Waals surface area contributed by atoms with Gasteiger partial charge in [-0.15, -0.1) is 0 Å². The SMILES string of the molecule is Cc1ccc(-n2nccn2)c(C(=O)N2CC3CN(c4ncc5ccccc5n4)CC(C2)O3)c1. The smallest absolute Gasteiger partial charge is 0.256 e. The van der Waals surface area contributed by atoms with Crippen LogP contribution in [0.15, 0.2) is 61.1 Å². The molecule has 0 radical (unpaired) electrons. The van der Waals surface area contributed by atoms with Gasteiger partial charge in [-0.05, 0) is 25.1 Å². The third-order valence-corrected chi connectivity index (χ3v) is 6.14. The first-order chi connectivity index (χ1) is 16.1. The van der Waals surface area contributed by atoms with Gasteiger partial charge in [0.25, 0.3) is 5.91 Å². The molecule has 2 fully saturated rings. The van der Waals surface area contributed by atoms with Gasteiger partial charge in [0.2, 0.25) is 5.95 Å². The molecule has 1 amide bonds. The highest BCUT2D eigenvalue weighted by molar-refractivity contribution is 5.98. The van der Waals surface area contributed by atoms with E-state index in [-0.39, 0.29) is 18.1 Å². The fourth-order valence-corrected chi connectivity index (χ4v) is 4.64. The largest absolute Gasteiger partial charge is 0.368 e. The van der Waals surface area contributed by atoms with Crippen LogP contribution in [0.3, 0.4) is 0 Å². The number of anilines is 1. The van der Waals surface area contributed by atoms with Crippen LogP contribution in [-0.2, 0) is 4.74 Å². The molecule has 6 rings (SSSR count). The predicted molar refractivity (Wildman–Crippen MR) is 122 cm³/mol. The number of fused-ring (bicyclic) bond motifs is 3. The van der Waals surface area contributed by atoms with E-state index in [1.807, 2.05) is 60.5 Å². The number of carbonyl (C=O) groups is 1. The molecule has 2 aromatic carbocycles. The summed E-state index contributed by atoms with van der Waals surface area (Å²) in [4.78, 5) is 28.4. The zero-order valence-corrected chi connectivity index (χ0v) is 18.2. The standard InChI is InChI=1S/C24H23N7O2/c1-16-6-7-22(31-26-8-9-27-31)20(10-16)23(32)29-12-18-14-30(15-19(13-29)33-18)24-25-11-17-4-2-3-5-21(17)28-24/h2-11,18-19H,12-15H2,1H3. The summed E-state index contributed by atoms with van der Waals surface area (Å²) in [5.41, 5.74) is 3.22. The van der Waals surface area contributed by atoms with Gasteiger partial charge in [-0.25, -0.2) is 9.97 Å². The molecule has 0 N–H and O–H groups in total. The van der Waals surface area contributed by atoms with E-state index in [9.17, 15) is 4.79 Å². The lowest BCUT2D eigenvalue weighted by molar-refractivity contribution is -0.0849. The summed E-state index contributed by atoms with van der Waals surface area (Å²) >= 11 is 0. The second-order valence-electron chi connectivity index (χ2n) is 8.56. The Morgan fingerprint density at radius 1 is 1.00 bits per heavy atom. The first-order valence-electron chi connectivity index (χ1n) is 11.0. The number of nitrogens with zero attached hydrogens (tertiary/aromatic N) is 7. The zero-order chi connectivity index (χ0) is 22.4. The van der Waals surface area contributed by atoms with Crippen molar-refractivity contribution in [3.05, 3.63) is 72.2 Å². The van der Waals surface area contributed by atoms with Crippen molar-refractivity contribution >= 4 is 22.8 Å². The van der Waals surface area contributed by atoms with Crippen LogP contribution in [-0.4, -0.2) is 74.2 Å². The van der Waals surface area contributed by atoms with Crippen molar-refractivity contribution in [2.45, 2.75) is 19.1 Å². The normalized spacial score (nSPS) is 20.3. The minimum atomic E-state index is -0.104. The monoisotopic (exact) mass is 441 g/mol. The maximum absolute atomic E-state index is 13.6. The highest BCUT2D eigenvalue weighted by atomic mass is 16.5. The minimum Gasteiger partial charge on any atom is -0.368 e. The molecule has 2 aliphatic heterocycles. The summed E-state index contributed by atoms with van der Waals surface area (Å²) in [7, 11) is 0. The molecule has 2 bridgehead atoms. The van der Waals surface area contributed by atoms with Gasteiger partial charge in [0, 0.05) is 37.8 Å². The third-order valence-electron chi connectivity index (χ3n) is 6.14. The molecular formula is C24H23N7O2. The summed E-state index contributed by atoms with van der Waals surface area (Å²) in [5, 5.41) is 9.45. The van der Waals surface area contributed by atoms with Gasteiger partial charge in [-0.1, -0.05) is 29.8 Å². The molecule has 2 atom stereocenters. The lowest BCUT2D eigenvalue weighted by atomic mass is 10.0. The molecule has 0 saturated carbocycles. The van der Waals surface area contributed by atoms with Crippen molar-refractivity contribution in [1.82, 2.24) is 29.9 Å². The van der Waals surface area contributed by atoms with Crippen molar-refractivity contribution in [2.75, 3.05) is 31.1 Å². The summed E-state index contributed by atoms with van der Waals surface area (Å²) in [6.45, 7) is 4.28. The van der Waals surface area contributed by atoms with Crippen LogP contribution in [0.25, 0.3) is 16.6 Å². The average Bonchev–Trinajstić information content (AvgIpc) is 3.37. The minimum absolute atomic E-state index is 0.0281. The van der Waals surface area contributed by atoms with E-state index in [2.05, 4.69) is 20.1 Å². The van der Waals surface area contributed by atoms with Crippen molar-refractivity contribution < 1.29 is 9.53 Å². The number of carbonyl (C=O) groups excluding carboxylic acids is 1. The van der Waals surface area contributed by atoms with E-state index in [0.717, 1.165) is 16.5 Å². The van der Waals surface area contributed by atoms with Gasteiger partial charge in [0.1, 0.15) is 0 Å². The molecule has 9 nitrogen and oxygen atoms in total. The molecule has 166 valence electrons. The summed E-state index contributed by atoms with van der Waals surface area (Å²) < 4.78 is 6.18. The molecule has 33 heavy (non-hydrogen) atoms. The third kappa shape index (κ3) is 3.70. The van der Waals surface area contributed by atoms with E-state index >= 15 is 0 Å². The van der Waals surface area contributed by atoms with Crippen LogP contribution in [0.1, 0.15) is 15.9 Å². The first kappa shape index (κ1) is 19.8. The van der Waals surface area contributed by atoms with Crippen molar-refractivity contribution in [1.29, 1.82) is 0 Å². The van der Waals surface area contributed by atoms with Crippen molar-refractivity contribution in [2.24, 2.45) is 0 Å². The van der Waals surface area contributed by atoms with Gasteiger partial charge in [0.05, 0.1) is 41.4 Å². The number of hydrogen-bond donors (Lipinski definition) is 0. The highest BCUT2D eigenvalue weighted by Crippen LogP contribution is 2.26. The molecule has 2 unspecified atom stereocenters. The van der Waals surface area contributed by atoms with Gasteiger partial charge in [0.15, 0.2) is 0 Å². The Hall–Kier alpha value is -3.85. The molecule has 0 spiro atoms. The lowest BCUT2D eigenvalue weighted by Crippen LogP contribution is -2.61. The average molecular weight is 441 g/mol.